The largest absolute Gasteiger partial charge is 0.479 e. The number of carbonyl (C=O) groups is 1. The summed E-state index contributed by atoms with van der Waals surface area (Å²) in [6, 6.07) is 2.46. The normalized spacial score (nSPS) is 15.7. The van der Waals surface area contributed by atoms with Crippen LogP contribution >= 0.6 is 15.9 Å². The van der Waals surface area contributed by atoms with Crippen LogP contribution in [-0.2, 0) is 11.0 Å². The first kappa shape index (κ1) is 18.6. The zero-order valence-corrected chi connectivity index (χ0v) is 14.6. The summed E-state index contributed by atoms with van der Waals surface area (Å²) in [5, 5.41) is 9.53. The van der Waals surface area contributed by atoms with Crippen molar-refractivity contribution in [3.63, 3.8) is 0 Å². The topological polar surface area (TPSA) is 59.3 Å². The molecule has 1 heterocycles. The Labute approximate surface area is 153 Å². The van der Waals surface area contributed by atoms with E-state index >= 15 is 0 Å². The number of carboxylic acid groups (broad SMARTS) is 1. The van der Waals surface area contributed by atoms with Gasteiger partial charge >= 0.3 is 12.1 Å². The number of hydrogen-bond acceptors (Lipinski definition) is 2. The van der Waals surface area contributed by atoms with E-state index in [1.54, 1.807) is 0 Å². The molecular weight excluding hydrogens is 422 g/mol. The van der Waals surface area contributed by atoms with E-state index in [-0.39, 0.29) is 5.56 Å². The van der Waals surface area contributed by atoms with Crippen LogP contribution in [0.25, 0.3) is 0 Å². The molecule has 0 saturated heterocycles. The van der Waals surface area contributed by atoms with Gasteiger partial charge in [0.05, 0.1) is 5.56 Å². The van der Waals surface area contributed by atoms with Crippen LogP contribution in [0.4, 0.5) is 17.6 Å². The van der Waals surface area contributed by atoms with Gasteiger partial charge < -0.3 is 5.11 Å². The van der Waals surface area contributed by atoms with E-state index in [4.69, 9.17) is 0 Å². The van der Waals surface area contributed by atoms with Crippen molar-refractivity contribution in [2.24, 2.45) is 0 Å². The molecule has 26 heavy (non-hydrogen) atoms. The average molecular weight is 434 g/mol. The van der Waals surface area contributed by atoms with Crippen LogP contribution in [-0.4, -0.2) is 15.6 Å². The van der Waals surface area contributed by atoms with Crippen LogP contribution in [0.15, 0.2) is 39.7 Å². The first-order valence-electron chi connectivity index (χ1n) is 7.61. The molecule has 1 atom stereocenters. The zero-order chi connectivity index (χ0) is 19.2. The highest BCUT2D eigenvalue weighted by molar-refractivity contribution is 9.10. The van der Waals surface area contributed by atoms with E-state index in [1.807, 2.05) is 0 Å². The molecule has 1 aliphatic rings. The molecule has 1 saturated carbocycles. The van der Waals surface area contributed by atoms with Gasteiger partial charge in [0.2, 0.25) is 0 Å². The van der Waals surface area contributed by atoms with Gasteiger partial charge in [0.1, 0.15) is 5.82 Å². The van der Waals surface area contributed by atoms with Crippen molar-refractivity contribution in [1.82, 2.24) is 4.57 Å². The highest BCUT2D eigenvalue weighted by atomic mass is 79.9. The van der Waals surface area contributed by atoms with E-state index in [1.165, 1.54) is 12.1 Å². The van der Waals surface area contributed by atoms with Gasteiger partial charge in [-0.25, -0.2) is 9.18 Å². The second-order valence-corrected chi connectivity index (χ2v) is 6.95. The van der Waals surface area contributed by atoms with Crippen LogP contribution in [0.3, 0.4) is 0 Å². The summed E-state index contributed by atoms with van der Waals surface area (Å²) < 4.78 is 54.8. The summed E-state index contributed by atoms with van der Waals surface area (Å²) in [6.07, 6.45) is -3.12. The molecule has 1 fully saturated rings. The smallest absolute Gasteiger partial charge is 0.416 e. The molecule has 0 spiro atoms. The summed E-state index contributed by atoms with van der Waals surface area (Å²) in [5.74, 6) is -2.99. The first-order valence-corrected chi connectivity index (χ1v) is 8.40. The standard InChI is InChI=1S/C17H12BrF4NO3/c18-9-3-4-12(19)10(7-9)14(16(25)26)23-6-5-11(17(20,21)22)13(15(23)24)8-1-2-8/h3-8,14H,1-2H2,(H,25,26). The summed E-state index contributed by atoms with van der Waals surface area (Å²) in [5.41, 5.74) is -2.91. The molecule has 2 aromatic rings. The molecule has 1 aliphatic carbocycles. The van der Waals surface area contributed by atoms with Crippen LogP contribution in [0.5, 0.6) is 0 Å². The number of aromatic nitrogens is 1. The maximum Gasteiger partial charge on any atom is 0.416 e. The summed E-state index contributed by atoms with van der Waals surface area (Å²) in [7, 11) is 0. The van der Waals surface area contributed by atoms with Crippen molar-refractivity contribution in [2.75, 3.05) is 0 Å². The lowest BCUT2D eigenvalue weighted by Gasteiger charge is -2.20. The molecule has 0 radical (unpaired) electrons. The van der Waals surface area contributed by atoms with Gasteiger partial charge in [0, 0.05) is 21.8 Å². The van der Waals surface area contributed by atoms with Gasteiger partial charge in [-0.15, -0.1) is 0 Å². The lowest BCUT2D eigenvalue weighted by molar-refractivity contribution is -0.139. The number of halogens is 5. The summed E-state index contributed by atoms with van der Waals surface area (Å²) in [4.78, 5) is 24.4. The molecular formula is C17H12BrF4NO3. The average Bonchev–Trinajstić information content (AvgIpc) is 3.35. The quantitative estimate of drug-likeness (QED) is 0.730. The van der Waals surface area contributed by atoms with Crippen molar-refractivity contribution in [2.45, 2.75) is 31.0 Å². The molecule has 1 aromatic carbocycles. The molecule has 1 unspecified atom stereocenters. The lowest BCUT2D eigenvalue weighted by atomic mass is 10.0. The third-order valence-electron chi connectivity index (χ3n) is 4.21. The Bertz CT molecular complexity index is 935. The van der Waals surface area contributed by atoms with Gasteiger partial charge in [-0.05, 0) is 43.0 Å². The number of rotatable bonds is 4. The predicted molar refractivity (Wildman–Crippen MR) is 87.6 cm³/mol. The van der Waals surface area contributed by atoms with Crippen LogP contribution < -0.4 is 5.56 Å². The van der Waals surface area contributed by atoms with Crippen LogP contribution in [0.2, 0.25) is 0 Å². The Morgan fingerprint density at radius 3 is 2.46 bits per heavy atom. The second-order valence-electron chi connectivity index (χ2n) is 6.03. The van der Waals surface area contributed by atoms with Gasteiger partial charge in [-0.3, -0.25) is 9.36 Å². The monoisotopic (exact) mass is 433 g/mol. The minimum atomic E-state index is -4.73. The number of pyridine rings is 1. The Kier molecular flexibility index (Phi) is 4.68. The zero-order valence-electron chi connectivity index (χ0n) is 13.1. The van der Waals surface area contributed by atoms with E-state index in [2.05, 4.69) is 15.9 Å². The van der Waals surface area contributed by atoms with Crippen LogP contribution in [0.1, 0.15) is 41.5 Å². The van der Waals surface area contributed by atoms with E-state index in [0.29, 0.717) is 27.9 Å². The third kappa shape index (κ3) is 3.40. The van der Waals surface area contributed by atoms with Crippen molar-refractivity contribution in [3.05, 3.63) is 67.8 Å². The Hall–Kier alpha value is -2.16. The molecule has 0 aliphatic heterocycles. The maximum atomic E-state index is 14.2. The number of alkyl halides is 3. The van der Waals surface area contributed by atoms with E-state index in [0.717, 1.165) is 12.3 Å². The van der Waals surface area contributed by atoms with Crippen molar-refractivity contribution < 1.29 is 27.5 Å². The molecule has 9 heteroatoms. The van der Waals surface area contributed by atoms with E-state index < -0.39 is 46.6 Å². The fourth-order valence-electron chi connectivity index (χ4n) is 2.91. The number of benzene rings is 1. The third-order valence-corrected chi connectivity index (χ3v) is 4.71. The van der Waals surface area contributed by atoms with Gasteiger partial charge in [0.15, 0.2) is 6.04 Å². The number of hydrogen-bond donors (Lipinski definition) is 1. The molecule has 0 amide bonds. The van der Waals surface area contributed by atoms with Gasteiger partial charge in [-0.2, -0.15) is 13.2 Å². The Morgan fingerprint density at radius 2 is 1.92 bits per heavy atom. The highest BCUT2D eigenvalue weighted by Gasteiger charge is 2.41. The number of carboxylic acids is 1. The SMILES string of the molecule is O=C(O)C(c1cc(Br)ccc1F)n1ccc(C(F)(F)F)c(C2CC2)c1=O. The number of nitrogens with zero attached hydrogens (tertiary/aromatic N) is 1. The van der Waals surface area contributed by atoms with Crippen molar-refractivity contribution in [1.29, 1.82) is 0 Å². The fraction of sp³-hybridized carbons (Fsp3) is 0.294. The maximum absolute atomic E-state index is 14.2. The minimum absolute atomic E-state index is 0.324. The summed E-state index contributed by atoms with van der Waals surface area (Å²) >= 11 is 3.09. The van der Waals surface area contributed by atoms with Crippen LogP contribution in [0, 0.1) is 5.82 Å². The Morgan fingerprint density at radius 1 is 1.27 bits per heavy atom. The first-order chi connectivity index (χ1) is 12.1. The minimum Gasteiger partial charge on any atom is -0.479 e. The van der Waals surface area contributed by atoms with Gasteiger partial charge in [0.25, 0.3) is 5.56 Å². The molecule has 0 bridgehead atoms. The number of aliphatic carboxylic acids is 1. The molecule has 3 rings (SSSR count). The van der Waals surface area contributed by atoms with Crippen molar-refractivity contribution >= 4 is 21.9 Å². The van der Waals surface area contributed by atoms with Crippen molar-refractivity contribution in [3.8, 4) is 0 Å². The highest BCUT2D eigenvalue weighted by Crippen LogP contribution is 2.44. The molecule has 1 aromatic heterocycles. The van der Waals surface area contributed by atoms with Gasteiger partial charge in [-0.1, -0.05) is 15.9 Å². The predicted octanol–water partition coefficient (Wildman–Crippen LogP) is 4.32. The summed E-state index contributed by atoms with van der Waals surface area (Å²) in [6.45, 7) is 0. The molecule has 138 valence electrons. The molecule has 1 N–H and O–H groups in total. The Balaban J connectivity index is 2.24. The lowest BCUT2D eigenvalue weighted by Crippen LogP contribution is -2.34. The second kappa shape index (κ2) is 6.53. The molecule has 4 nitrogen and oxygen atoms in total. The fourth-order valence-corrected chi connectivity index (χ4v) is 3.29. The van der Waals surface area contributed by atoms with E-state index in [9.17, 15) is 32.3 Å².